The van der Waals surface area contributed by atoms with Crippen LogP contribution >= 0.6 is 0 Å². The maximum atomic E-state index is 13.7. The van der Waals surface area contributed by atoms with Crippen LogP contribution in [0.2, 0.25) is 0 Å². The summed E-state index contributed by atoms with van der Waals surface area (Å²) in [6, 6.07) is 8.51. The zero-order chi connectivity index (χ0) is 21.8. The highest BCUT2D eigenvalue weighted by Crippen LogP contribution is 2.24. The first kappa shape index (κ1) is 20.9. The van der Waals surface area contributed by atoms with Crippen molar-refractivity contribution >= 4 is 23.4 Å². The molecule has 10 heteroatoms. The highest BCUT2D eigenvalue weighted by Gasteiger charge is 2.35. The average molecular weight is 414 g/mol. The van der Waals surface area contributed by atoms with Crippen molar-refractivity contribution in [2.45, 2.75) is 25.8 Å². The highest BCUT2D eigenvalue weighted by molar-refractivity contribution is 5.99. The lowest BCUT2D eigenvalue weighted by molar-refractivity contribution is -0.385. The molecule has 9 nitrogen and oxygen atoms in total. The first-order valence-corrected chi connectivity index (χ1v) is 9.20. The van der Waals surface area contributed by atoms with Crippen LogP contribution in [-0.2, 0) is 4.79 Å². The first-order chi connectivity index (χ1) is 14.3. The summed E-state index contributed by atoms with van der Waals surface area (Å²) in [5.74, 6) is -2.59. The van der Waals surface area contributed by atoms with Gasteiger partial charge in [0.15, 0.2) is 0 Å². The molecule has 1 heterocycles. The minimum Gasteiger partial charge on any atom is -0.327 e. The van der Waals surface area contributed by atoms with Crippen molar-refractivity contribution < 1.29 is 23.7 Å². The monoisotopic (exact) mass is 414 g/mol. The number of halogens is 1. The molecule has 0 saturated carbocycles. The number of nitro groups is 1. The van der Waals surface area contributed by atoms with Crippen LogP contribution < -0.4 is 10.9 Å². The number of nitrogens with one attached hydrogen (secondary N) is 2. The van der Waals surface area contributed by atoms with Gasteiger partial charge in [0.25, 0.3) is 23.4 Å². The number of hydrogen-bond donors (Lipinski definition) is 2. The molecule has 0 bridgehead atoms. The van der Waals surface area contributed by atoms with Gasteiger partial charge in [0, 0.05) is 23.7 Å². The van der Waals surface area contributed by atoms with E-state index in [9.17, 15) is 28.9 Å². The molecule has 30 heavy (non-hydrogen) atoms. The van der Waals surface area contributed by atoms with Crippen molar-refractivity contribution in [1.82, 2.24) is 15.8 Å². The summed E-state index contributed by atoms with van der Waals surface area (Å²) in [4.78, 5) is 49.2. The third kappa shape index (κ3) is 4.27. The molecule has 0 radical (unpaired) electrons. The maximum absolute atomic E-state index is 13.7. The number of hydrogen-bond acceptors (Lipinski definition) is 5. The highest BCUT2D eigenvalue weighted by atomic mass is 19.1. The SMILES string of the molecule is Cc1cc(C(=O)N2CCCC2C(=O)NNC(=O)c2ccccc2F)ccc1[N+](=O)[O-]. The third-order valence-electron chi connectivity index (χ3n) is 4.87. The summed E-state index contributed by atoms with van der Waals surface area (Å²) in [5.41, 5.74) is 4.63. The maximum Gasteiger partial charge on any atom is 0.272 e. The molecular weight excluding hydrogens is 395 g/mol. The summed E-state index contributed by atoms with van der Waals surface area (Å²) in [6.45, 7) is 1.86. The lowest BCUT2D eigenvalue weighted by Crippen LogP contribution is -2.51. The molecule has 1 fully saturated rings. The summed E-state index contributed by atoms with van der Waals surface area (Å²) in [6.07, 6.45) is 0.968. The summed E-state index contributed by atoms with van der Waals surface area (Å²) in [5, 5.41) is 11.0. The fourth-order valence-electron chi connectivity index (χ4n) is 3.36. The van der Waals surface area contributed by atoms with Gasteiger partial charge in [0.2, 0.25) is 0 Å². The standard InChI is InChI=1S/C20H19FN4O5/c1-12-11-13(8-9-16(12)25(29)30)20(28)24-10-4-7-17(24)19(27)23-22-18(26)14-5-2-3-6-15(14)21/h2-3,5-6,8-9,11,17H,4,7,10H2,1H3,(H,22,26)(H,23,27). The Hall–Kier alpha value is -3.82. The number of nitro benzene ring substituents is 1. The number of benzene rings is 2. The van der Waals surface area contributed by atoms with E-state index in [0.717, 1.165) is 6.07 Å². The Bertz CT molecular complexity index is 1030. The molecule has 1 saturated heterocycles. The number of nitrogens with zero attached hydrogens (tertiary/aromatic N) is 2. The number of rotatable bonds is 4. The quantitative estimate of drug-likeness (QED) is 0.586. The van der Waals surface area contributed by atoms with Gasteiger partial charge >= 0.3 is 0 Å². The van der Waals surface area contributed by atoms with E-state index < -0.39 is 34.5 Å². The zero-order valence-electron chi connectivity index (χ0n) is 16.1. The van der Waals surface area contributed by atoms with Crippen LogP contribution in [0.15, 0.2) is 42.5 Å². The van der Waals surface area contributed by atoms with Gasteiger partial charge in [-0.25, -0.2) is 4.39 Å². The van der Waals surface area contributed by atoms with Gasteiger partial charge in [-0.2, -0.15) is 0 Å². The van der Waals surface area contributed by atoms with Crippen molar-refractivity contribution in [2.24, 2.45) is 0 Å². The number of hydrazine groups is 1. The molecule has 156 valence electrons. The van der Waals surface area contributed by atoms with E-state index in [1.807, 2.05) is 0 Å². The van der Waals surface area contributed by atoms with Crippen molar-refractivity contribution in [3.05, 3.63) is 75.1 Å². The molecule has 1 aliphatic rings. The molecule has 3 amide bonds. The number of aryl methyl sites for hydroxylation is 1. The second kappa shape index (κ2) is 8.68. The normalized spacial score (nSPS) is 15.5. The van der Waals surface area contributed by atoms with Crippen LogP contribution in [0.25, 0.3) is 0 Å². The summed E-state index contributed by atoms with van der Waals surface area (Å²) >= 11 is 0. The topological polar surface area (TPSA) is 122 Å². The van der Waals surface area contributed by atoms with E-state index in [2.05, 4.69) is 10.9 Å². The zero-order valence-corrected chi connectivity index (χ0v) is 16.1. The van der Waals surface area contributed by atoms with Gasteiger partial charge in [-0.1, -0.05) is 12.1 Å². The lowest BCUT2D eigenvalue weighted by Gasteiger charge is -2.24. The lowest BCUT2D eigenvalue weighted by atomic mass is 10.1. The molecular formula is C20H19FN4O5. The number of carbonyl (C=O) groups is 3. The van der Waals surface area contributed by atoms with Crippen molar-refractivity contribution in [1.29, 1.82) is 0 Å². The molecule has 2 N–H and O–H groups in total. The van der Waals surface area contributed by atoms with Gasteiger partial charge in [-0.3, -0.25) is 35.3 Å². The van der Waals surface area contributed by atoms with Gasteiger partial charge in [-0.05, 0) is 44.0 Å². The number of amides is 3. The molecule has 2 aromatic rings. The van der Waals surface area contributed by atoms with E-state index >= 15 is 0 Å². The van der Waals surface area contributed by atoms with E-state index in [0.29, 0.717) is 24.9 Å². The Labute approximate surface area is 171 Å². The van der Waals surface area contributed by atoms with E-state index in [4.69, 9.17) is 0 Å². The molecule has 2 aromatic carbocycles. The van der Waals surface area contributed by atoms with Crippen molar-refractivity contribution in [3.8, 4) is 0 Å². The van der Waals surface area contributed by atoms with E-state index in [1.54, 1.807) is 0 Å². The summed E-state index contributed by atoms with van der Waals surface area (Å²) in [7, 11) is 0. The van der Waals surface area contributed by atoms with E-state index in [1.165, 1.54) is 48.2 Å². The fraction of sp³-hybridized carbons (Fsp3) is 0.250. The molecule has 1 atom stereocenters. The van der Waals surface area contributed by atoms with Crippen LogP contribution in [-0.4, -0.2) is 40.1 Å². The van der Waals surface area contributed by atoms with E-state index in [-0.39, 0.29) is 16.8 Å². The van der Waals surface area contributed by atoms with Crippen LogP contribution in [0.5, 0.6) is 0 Å². The molecule has 1 unspecified atom stereocenters. The first-order valence-electron chi connectivity index (χ1n) is 9.20. The Morgan fingerprint density at radius 1 is 1.17 bits per heavy atom. The molecule has 3 rings (SSSR count). The second-order valence-corrected chi connectivity index (χ2v) is 6.84. The number of likely N-dealkylation sites (tertiary alicyclic amines) is 1. The van der Waals surface area contributed by atoms with Crippen LogP contribution in [0, 0.1) is 22.9 Å². The van der Waals surface area contributed by atoms with Crippen molar-refractivity contribution in [3.63, 3.8) is 0 Å². The molecule has 0 spiro atoms. The molecule has 0 aromatic heterocycles. The van der Waals surface area contributed by atoms with Gasteiger partial charge in [0.05, 0.1) is 10.5 Å². The molecule has 0 aliphatic carbocycles. The largest absolute Gasteiger partial charge is 0.327 e. The van der Waals surface area contributed by atoms with Crippen LogP contribution in [0.3, 0.4) is 0 Å². The second-order valence-electron chi connectivity index (χ2n) is 6.84. The van der Waals surface area contributed by atoms with Gasteiger partial charge < -0.3 is 4.90 Å². The minimum absolute atomic E-state index is 0.0990. The third-order valence-corrected chi connectivity index (χ3v) is 4.87. The smallest absolute Gasteiger partial charge is 0.272 e. The average Bonchev–Trinajstić information content (AvgIpc) is 3.21. The van der Waals surface area contributed by atoms with Gasteiger partial charge in [-0.15, -0.1) is 0 Å². The fourth-order valence-corrected chi connectivity index (χ4v) is 3.36. The molecule has 1 aliphatic heterocycles. The predicted octanol–water partition coefficient (Wildman–Crippen LogP) is 2.11. The Balaban J connectivity index is 1.67. The Morgan fingerprint density at radius 3 is 2.57 bits per heavy atom. The van der Waals surface area contributed by atoms with Crippen LogP contribution in [0.1, 0.15) is 39.1 Å². The van der Waals surface area contributed by atoms with Gasteiger partial charge in [0.1, 0.15) is 11.9 Å². The van der Waals surface area contributed by atoms with Crippen LogP contribution in [0.4, 0.5) is 10.1 Å². The van der Waals surface area contributed by atoms with Crippen molar-refractivity contribution in [2.75, 3.05) is 6.54 Å². The number of carbonyl (C=O) groups excluding carboxylic acids is 3. The predicted molar refractivity (Wildman–Crippen MR) is 104 cm³/mol. The Morgan fingerprint density at radius 2 is 1.90 bits per heavy atom. The summed E-state index contributed by atoms with van der Waals surface area (Å²) < 4.78 is 13.7. The Kier molecular flexibility index (Phi) is 6.05. The minimum atomic E-state index is -0.825.